The van der Waals surface area contributed by atoms with Gasteiger partial charge < -0.3 is 5.11 Å². The van der Waals surface area contributed by atoms with Gasteiger partial charge in [-0.2, -0.15) is 5.26 Å². The minimum absolute atomic E-state index is 0.617. The predicted octanol–water partition coefficient (Wildman–Crippen LogP) is 3.42. The van der Waals surface area contributed by atoms with E-state index in [4.69, 9.17) is 5.26 Å². The van der Waals surface area contributed by atoms with Crippen LogP contribution >= 0.6 is 15.9 Å². The lowest BCUT2D eigenvalue weighted by molar-refractivity contribution is 0.0716. The van der Waals surface area contributed by atoms with E-state index in [1.54, 1.807) is 6.92 Å². The largest absolute Gasteiger partial charge is 0.387 e. The van der Waals surface area contributed by atoms with Crippen LogP contribution in [0.5, 0.6) is 0 Å². The van der Waals surface area contributed by atoms with Gasteiger partial charge in [0.15, 0.2) is 0 Å². The standard InChI is InChI=1S/C12H14BrNO/c1-3-12(2,8-14)11(15)9-6-4-5-7-10(9)13/h4-7,11,15H,3H2,1-2H3. The molecule has 2 unspecified atom stereocenters. The molecule has 0 radical (unpaired) electrons. The summed E-state index contributed by atoms with van der Waals surface area (Å²) in [7, 11) is 0. The van der Waals surface area contributed by atoms with Crippen molar-refractivity contribution in [2.45, 2.75) is 26.4 Å². The van der Waals surface area contributed by atoms with Gasteiger partial charge in [0, 0.05) is 4.47 Å². The molecular weight excluding hydrogens is 254 g/mol. The fraction of sp³-hybridized carbons (Fsp3) is 0.417. The van der Waals surface area contributed by atoms with Gasteiger partial charge in [0.1, 0.15) is 0 Å². The lowest BCUT2D eigenvalue weighted by atomic mass is 9.80. The van der Waals surface area contributed by atoms with Gasteiger partial charge in [-0.1, -0.05) is 41.1 Å². The summed E-state index contributed by atoms with van der Waals surface area (Å²) in [4.78, 5) is 0. The number of halogens is 1. The maximum Gasteiger partial charge on any atom is 0.0984 e. The lowest BCUT2D eigenvalue weighted by Crippen LogP contribution is -2.23. The van der Waals surface area contributed by atoms with Crippen LogP contribution in [-0.4, -0.2) is 5.11 Å². The van der Waals surface area contributed by atoms with Crippen LogP contribution in [0.4, 0.5) is 0 Å². The average molecular weight is 268 g/mol. The van der Waals surface area contributed by atoms with Crippen LogP contribution in [0, 0.1) is 16.7 Å². The van der Waals surface area contributed by atoms with Crippen molar-refractivity contribution in [2.75, 3.05) is 0 Å². The summed E-state index contributed by atoms with van der Waals surface area (Å²) in [6, 6.07) is 9.63. The maximum atomic E-state index is 10.2. The second-order valence-corrected chi connectivity index (χ2v) is 4.66. The second kappa shape index (κ2) is 4.78. The van der Waals surface area contributed by atoms with E-state index in [1.165, 1.54) is 0 Å². The molecule has 0 saturated carbocycles. The number of aliphatic hydroxyl groups excluding tert-OH is 1. The van der Waals surface area contributed by atoms with E-state index in [9.17, 15) is 5.11 Å². The third-order valence-corrected chi connectivity index (χ3v) is 3.52. The van der Waals surface area contributed by atoms with Crippen LogP contribution in [-0.2, 0) is 0 Å². The van der Waals surface area contributed by atoms with Crippen LogP contribution < -0.4 is 0 Å². The maximum absolute atomic E-state index is 10.2. The van der Waals surface area contributed by atoms with Crippen molar-refractivity contribution in [1.82, 2.24) is 0 Å². The Morgan fingerprint density at radius 3 is 2.60 bits per heavy atom. The minimum atomic E-state index is -0.761. The first-order valence-electron chi connectivity index (χ1n) is 4.89. The summed E-state index contributed by atoms with van der Waals surface area (Å²) >= 11 is 3.38. The van der Waals surface area contributed by atoms with E-state index in [0.717, 1.165) is 10.0 Å². The second-order valence-electron chi connectivity index (χ2n) is 3.81. The fourth-order valence-corrected chi connectivity index (χ4v) is 1.88. The summed E-state index contributed by atoms with van der Waals surface area (Å²) in [5, 5.41) is 19.3. The Morgan fingerprint density at radius 2 is 2.13 bits per heavy atom. The zero-order chi connectivity index (χ0) is 11.5. The average Bonchev–Trinajstić information content (AvgIpc) is 2.28. The number of aliphatic hydroxyl groups is 1. The van der Waals surface area contributed by atoms with Gasteiger partial charge in [0.2, 0.25) is 0 Å². The van der Waals surface area contributed by atoms with E-state index >= 15 is 0 Å². The summed E-state index contributed by atoms with van der Waals surface area (Å²) in [5.74, 6) is 0. The number of hydrogen-bond donors (Lipinski definition) is 1. The molecule has 2 atom stereocenters. The lowest BCUT2D eigenvalue weighted by Gasteiger charge is -2.27. The highest BCUT2D eigenvalue weighted by atomic mass is 79.9. The Labute approximate surface area is 98.7 Å². The SMILES string of the molecule is CCC(C)(C#N)C(O)c1ccccc1Br. The van der Waals surface area contributed by atoms with Crippen LogP contribution in [0.15, 0.2) is 28.7 Å². The molecule has 0 aliphatic rings. The number of nitrogens with zero attached hydrogens (tertiary/aromatic N) is 1. The Bertz CT molecular complexity index is 385. The number of nitriles is 1. The number of benzene rings is 1. The highest BCUT2D eigenvalue weighted by Gasteiger charge is 2.33. The molecule has 0 aliphatic heterocycles. The third-order valence-electron chi connectivity index (χ3n) is 2.79. The Kier molecular flexibility index (Phi) is 3.90. The summed E-state index contributed by atoms with van der Waals surface area (Å²) in [6.45, 7) is 3.68. The predicted molar refractivity (Wildman–Crippen MR) is 63.1 cm³/mol. The van der Waals surface area contributed by atoms with Crippen molar-refractivity contribution in [2.24, 2.45) is 5.41 Å². The molecule has 0 saturated heterocycles. The molecule has 0 fully saturated rings. The van der Waals surface area contributed by atoms with Crippen LogP contribution in [0.3, 0.4) is 0 Å². The smallest absolute Gasteiger partial charge is 0.0984 e. The molecule has 1 N–H and O–H groups in total. The molecule has 0 bridgehead atoms. The molecular formula is C12H14BrNO. The van der Waals surface area contributed by atoms with Gasteiger partial charge in [-0.3, -0.25) is 0 Å². The zero-order valence-corrected chi connectivity index (χ0v) is 10.5. The van der Waals surface area contributed by atoms with Gasteiger partial charge in [0.25, 0.3) is 0 Å². The van der Waals surface area contributed by atoms with Crippen molar-refractivity contribution in [3.05, 3.63) is 34.3 Å². The number of rotatable bonds is 3. The van der Waals surface area contributed by atoms with Gasteiger partial charge in [-0.15, -0.1) is 0 Å². The molecule has 1 aromatic carbocycles. The highest BCUT2D eigenvalue weighted by Crippen LogP contribution is 2.38. The van der Waals surface area contributed by atoms with Gasteiger partial charge in [-0.05, 0) is 25.0 Å². The van der Waals surface area contributed by atoms with E-state index in [-0.39, 0.29) is 0 Å². The molecule has 0 amide bonds. The van der Waals surface area contributed by atoms with Crippen molar-refractivity contribution in [3.8, 4) is 6.07 Å². The van der Waals surface area contributed by atoms with Gasteiger partial charge in [0.05, 0.1) is 17.6 Å². The summed E-state index contributed by atoms with van der Waals surface area (Å²) < 4.78 is 0.840. The van der Waals surface area contributed by atoms with E-state index in [1.807, 2.05) is 31.2 Å². The quantitative estimate of drug-likeness (QED) is 0.912. The zero-order valence-electron chi connectivity index (χ0n) is 8.87. The number of hydrogen-bond acceptors (Lipinski definition) is 2. The van der Waals surface area contributed by atoms with Gasteiger partial charge in [-0.25, -0.2) is 0 Å². The van der Waals surface area contributed by atoms with Crippen LogP contribution in [0.2, 0.25) is 0 Å². The summed E-state index contributed by atoms with van der Waals surface area (Å²) in [5.41, 5.74) is 0.0348. The van der Waals surface area contributed by atoms with Crippen molar-refractivity contribution < 1.29 is 5.11 Å². The normalized spacial score (nSPS) is 16.5. The first-order chi connectivity index (χ1) is 7.05. The van der Waals surface area contributed by atoms with Crippen molar-refractivity contribution >= 4 is 15.9 Å². The molecule has 3 heteroatoms. The molecule has 1 aromatic rings. The van der Waals surface area contributed by atoms with Crippen LogP contribution in [0.25, 0.3) is 0 Å². The van der Waals surface area contributed by atoms with Crippen molar-refractivity contribution in [3.63, 3.8) is 0 Å². The molecule has 0 aliphatic carbocycles. The first kappa shape index (κ1) is 12.2. The molecule has 2 nitrogen and oxygen atoms in total. The Balaban J connectivity index is 3.10. The molecule has 0 aromatic heterocycles. The highest BCUT2D eigenvalue weighted by molar-refractivity contribution is 9.10. The molecule has 15 heavy (non-hydrogen) atoms. The van der Waals surface area contributed by atoms with Crippen LogP contribution in [0.1, 0.15) is 31.9 Å². The first-order valence-corrected chi connectivity index (χ1v) is 5.68. The van der Waals surface area contributed by atoms with E-state index in [0.29, 0.717) is 6.42 Å². The molecule has 1 rings (SSSR count). The topological polar surface area (TPSA) is 44.0 Å². The Morgan fingerprint density at radius 1 is 1.53 bits per heavy atom. The fourth-order valence-electron chi connectivity index (χ4n) is 1.37. The van der Waals surface area contributed by atoms with E-state index < -0.39 is 11.5 Å². The molecule has 0 spiro atoms. The Hall–Kier alpha value is -0.850. The van der Waals surface area contributed by atoms with Crippen molar-refractivity contribution in [1.29, 1.82) is 5.26 Å². The minimum Gasteiger partial charge on any atom is -0.387 e. The summed E-state index contributed by atoms with van der Waals surface area (Å²) in [6.07, 6.45) is -0.144. The monoisotopic (exact) mass is 267 g/mol. The van der Waals surface area contributed by atoms with Gasteiger partial charge >= 0.3 is 0 Å². The third kappa shape index (κ3) is 2.39. The van der Waals surface area contributed by atoms with E-state index in [2.05, 4.69) is 22.0 Å². The molecule has 0 heterocycles. The molecule has 80 valence electrons.